The molecule has 0 amide bonds. The second-order valence-corrected chi connectivity index (χ2v) is 4.80. The summed E-state index contributed by atoms with van der Waals surface area (Å²) in [6, 6.07) is 0. The first-order valence-corrected chi connectivity index (χ1v) is 4.89. The van der Waals surface area contributed by atoms with Gasteiger partial charge in [-0.25, -0.2) is 0 Å². The van der Waals surface area contributed by atoms with Crippen LogP contribution in [0.5, 0.6) is 0 Å². The molecule has 0 radical (unpaired) electrons. The van der Waals surface area contributed by atoms with E-state index in [1.54, 1.807) is 12.2 Å². The molecule has 2 aliphatic rings. The molecule has 0 bridgehead atoms. The van der Waals surface area contributed by atoms with Crippen LogP contribution >= 0.6 is 0 Å². The molecule has 0 aromatic carbocycles. The van der Waals surface area contributed by atoms with Crippen LogP contribution < -0.4 is 0 Å². The Morgan fingerprint density at radius 2 is 1.43 bits per heavy atom. The molecule has 0 aromatic heterocycles. The van der Waals surface area contributed by atoms with Gasteiger partial charge in [0.1, 0.15) is 0 Å². The zero-order chi connectivity index (χ0) is 10.4. The van der Waals surface area contributed by atoms with Crippen LogP contribution in [0.25, 0.3) is 0 Å². The van der Waals surface area contributed by atoms with E-state index in [-0.39, 0.29) is 22.4 Å². The molecule has 0 N–H and O–H groups in total. The van der Waals surface area contributed by atoms with Crippen LogP contribution in [0.4, 0.5) is 0 Å². The molecule has 2 rings (SSSR count). The van der Waals surface area contributed by atoms with Crippen LogP contribution in [-0.2, 0) is 9.59 Å². The topological polar surface area (TPSA) is 34.1 Å². The molecular formula is C12H14O2. The molecule has 74 valence electrons. The van der Waals surface area contributed by atoms with Crippen LogP contribution in [0.15, 0.2) is 24.3 Å². The number of rotatable bonds is 0. The number of allylic oxidation sites excluding steroid dienone is 4. The monoisotopic (exact) mass is 190 g/mol. The average Bonchev–Trinajstić information content (AvgIpc) is 2.08. The number of hydrogen-bond acceptors (Lipinski definition) is 2. The Bertz CT molecular complexity index is 333. The van der Waals surface area contributed by atoms with Crippen molar-refractivity contribution in [2.75, 3.05) is 0 Å². The van der Waals surface area contributed by atoms with E-state index in [9.17, 15) is 9.59 Å². The molecule has 0 heterocycles. The van der Waals surface area contributed by atoms with Crippen molar-refractivity contribution < 1.29 is 9.59 Å². The molecule has 0 spiro atoms. The summed E-state index contributed by atoms with van der Waals surface area (Å²) in [7, 11) is 0. The highest BCUT2D eigenvalue weighted by Crippen LogP contribution is 2.51. The lowest BCUT2D eigenvalue weighted by atomic mass is 9.56. The van der Waals surface area contributed by atoms with E-state index in [0.29, 0.717) is 12.8 Å². The van der Waals surface area contributed by atoms with Gasteiger partial charge in [-0.1, -0.05) is 26.0 Å². The zero-order valence-corrected chi connectivity index (χ0v) is 8.54. The highest BCUT2D eigenvalue weighted by molar-refractivity contribution is 5.96. The molecule has 2 heteroatoms. The summed E-state index contributed by atoms with van der Waals surface area (Å²) in [5.74, 6) is 0.265. The first-order valence-electron chi connectivity index (χ1n) is 4.89. The third kappa shape index (κ3) is 1.17. The minimum Gasteiger partial charge on any atom is -0.295 e. The van der Waals surface area contributed by atoms with Gasteiger partial charge < -0.3 is 0 Å². The quantitative estimate of drug-likeness (QED) is 0.586. The zero-order valence-electron chi connectivity index (χ0n) is 8.54. The van der Waals surface area contributed by atoms with Gasteiger partial charge in [0, 0.05) is 18.3 Å². The molecular weight excluding hydrogens is 176 g/mol. The maximum atomic E-state index is 11.3. The third-order valence-electron chi connectivity index (χ3n) is 3.66. The summed E-state index contributed by atoms with van der Waals surface area (Å²) < 4.78 is 0. The summed E-state index contributed by atoms with van der Waals surface area (Å²) >= 11 is 0. The molecule has 0 unspecified atom stereocenters. The largest absolute Gasteiger partial charge is 0.295 e. The Hall–Kier alpha value is -1.18. The van der Waals surface area contributed by atoms with Crippen molar-refractivity contribution in [3.63, 3.8) is 0 Å². The van der Waals surface area contributed by atoms with E-state index in [2.05, 4.69) is 6.92 Å². The van der Waals surface area contributed by atoms with Crippen LogP contribution in [0, 0.1) is 10.8 Å². The predicted octanol–water partition coefficient (Wildman–Crippen LogP) is 2.06. The van der Waals surface area contributed by atoms with Crippen molar-refractivity contribution in [3.05, 3.63) is 24.3 Å². The smallest absolute Gasteiger partial charge is 0.156 e. The molecule has 0 saturated carbocycles. The Kier molecular flexibility index (Phi) is 1.78. The van der Waals surface area contributed by atoms with Crippen LogP contribution in [-0.4, -0.2) is 11.6 Å². The van der Waals surface area contributed by atoms with Crippen LogP contribution in [0.2, 0.25) is 0 Å². The summed E-state index contributed by atoms with van der Waals surface area (Å²) in [6.45, 7) is 4.11. The molecule has 0 atom stereocenters. The van der Waals surface area contributed by atoms with Gasteiger partial charge in [-0.3, -0.25) is 9.59 Å². The van der Waals surface area contributed by atoms with Gasteiger partial charge in [-0.05, 0) is 17.6 Å². The minimum absolute atomic E-state index is 0.130. The average molecular weight is 190 g/mol. The number of hydrogen-bond donors (Lipinski definition) is 0. The van der Waals surface area contributed by atoms with Gasteiger partial charge in [-0.15, -0.1) is 0 Å². The Morgan fingerprint density at radius 3 is 1.86 bits per heavy atom. The van der Waals surface area contributed by atoms with Crippen molar-refractivity contribution in [1.29, 1.82) is 0 Å². The fourth-order valence-electron chi connectivity index (χ4n) is 2.32. The lowest BCUT2D eigenvalue weighted by Crippen LogP contribution is -2.43. The second-order valence-electron chi connectivity index (χ2n) is 4.80. The van der Waals surface area contributed by atoms with Gasteiger partial charge in [0.2, 0.25) is 0 Å². The number of carbonyl (C=O) groups is 2. The summed E-state index contributed by atoms with van der Waals surface area (Å²) in [6.07, 6.45) is 8.11. The van der Waals surface area contributed by atoms with Gasteiger partial charge in [0.05, 0.1) is 0 Å². The van der Waals surface area contributed by atoms with Gasteiger partial charge in [-0.2, -0.15) is 0 Å². The van der Waals surface area contributed by atoms with Crippen LogP contribution in [0.1, 0.15) is 26.7 Å². The molecule has 2 aliphatic carbocycles. The van der Waals surface area contributed by atoms with Crippen molar-refractivity contribution in [3.8, 4) is 0 Å². The fraction of sp³-hybridized carbons (Fsp3) is 0.500. The highest BCUT2D eigenvalue weighted by Gasteiger charge is 2.47. The first kappa shape index (κ1) is 9.38. The Labute approximate surface area is 83.7 Å². The second kappa shape index (κ2) is 2.66. The van der Waals surface area contributed by atoms with Crippen molar-refractivity contribution >= 4 is 11.6 Å². The van der Waals surface area contributed by atoms with E-state index in [1.807, 2.05) is 19.1 Å². The van der Waals surface area contributed by atoms with Crippen LogP contribution in [0.3, 0.4) is 0 Å². The number of ketones is 2. The fourth-order valence-corrected chi connectivity index (χ4v) is 2.32. The molecule has 0 fully saturated rings. The number of carbonyl (C=O) groups excluding carboxylic acids is 2. The van der Waals surface area contributed by atoms with Crippen molar-refractivity contribution in [1.82, 2.24) is 0 Å². The molecule has 2 nitrogen and oxygen atoms in total. The summed E-state index contributed by atoms with van der Waals surface area (Å²) in [5, 5.41) is 0. The van der Waals surface area contributed by atoms with E-state index in [0.717, 1.165) is 0 Å². The van der Waals surface area contributed by atoms with E-state index in [4.69, 9.17) is 0 Å². The standard InChI is InChI=1S/C12H14O2/c1-11-5-3-9(13)7-12(11,2)8-10(14)4-6-11/h3-6H,7-8H2,1-2H3. The van der Waals surface area contributed by atoms with Gasteiger partial charge >= 0.3 is 0 Å². The normalized spacial score (nSPS) is 41.3. The third-order valence-corrected chi connectivity index (χ3v) is 3.66. The Morgan fingerprint density at radius 1 is 1.00 bits per heavy atom. The SMILES string of the molecule is CC12C=CC(=O)CC1(C)CC(=O)C=C2. The molecule has 14 heavy (non-hydrogen) atoms. The lowest BCUT2D eigenvalue weighted by molar-refractivity contribution is -0.123. The Balaban J connectivity index is 2.51. The minimum atomic E-state index is -0.218. The summed E-state index contributed by atoms with van der Waals surface area (Å²) in [5.41, 5.74) is -0.348. The van der Waals surface area contributed by atoms with Crippen molar-refractivity contribution in [2.45, 2.75) is 26.7 Å². The van der Waals surface area contributed by atoms with Gasteiger partial charge in [0.15, 0.2) is 11.6 Å². The maximum Gasteiger partial charge on any atom is 0.156 e. The molecule has 0 aromatic rings. The number of fused-ring (bicyclic) bond motifs is 1. The first-order chi connectivity index (χ1) is 6.45. The maximum absolute atomic E-state index is 11.3. The predicted molar refractivity (Wildman–Crippen MR) is 53.7 cm³/mol. The van der Waals surface area contributed by atoms with E-state index >= 15 is 0 Å². The molecule has 0 saturated heterocycles. The van der Waals surface area contributed by atoms with Crippen molar-refractivity contribution in [2.24, 2.45) is 10.8 Å². The molecule has 0 aliphatic heterocycles. The lowest BCUT2D eigenvalue weighted by Gasteiger charge is -2.46. The van der Waals surface area contributed by atoms with E-state index in [1.165, 1.54) is 0 Å². The summed E-state index contributed by atoms with van der Waals surface area (Å²) in [4.78, 5) is 22.7. The van der Waals surface area contributed by atoms with Gasteiger partial charge in [0.25, 0.3) is 0 Å². The van der Waals surface area contributed by atoms with E-state index < -0.39 is 0 Å². The highest BCUT2D eigenvalue weighted by atomic mass is 16.1.